The van der Waals surface area contributed by atoms with Gasteiger partial charge in [-0.3, -0.25) is 19.2 Å². The van der Waals surface area contributed by atoms with Gasteiger partial charge in [0.2, 0.25) is 0 Å². The van der Waals surface area contributed by atoms with Crippen molar-refractivity contribution in [3.05, 3.63) is 57.6 Å². The van der Waals surface area contributed by atoms with E-state index < -0.39 is 47.5 Å². The predicted octanol–water partition coefficient (Wildman–Crippen LogP) is 4.68. The summed E-state index contributed by atoms with van der Waals surface area (Å²) in [6.45, 7) is 12.1. The van der Waals surface area contributed by atoms with Crippen molar-refractivity contribution in [2.75, 3.05) is 54.9 Å². The maximum atomic E-state index is 12.6. The van der Waals surface area contributed by atoms with Gasteiger partial charge < -0.3 is 38.6 Å². The molecule has 12 heteroatoms. The van der Waals surface area contributed by atoms with Crippen molar-refractivity contribution in [1.82, 2.24) is 0 Å². The monoisotopic (exact) mass is 704 g/mol. The molecule has 0 amide bonds. The van der Waals surface area contributed by atoms with Gasteiger partial charge in [0.25, 0.3) is 0 Å². The molecule has 50 heavy (non-hydrogen) atoms. The third-order valence-corrected chi connectivity index (χ3v) is 8.43. The van der Waals surface area contributed by atoms with E-state index in [0.717, 1.165) is 33.8 Å². The smallest absolute Gasteiger partial charge is 0.309 e. The van der Waals surface area contributed by atoms with E-state index in [2.05, 4.69) is 33.7 Å². The molecule has 0 heterocycles. The first-order valence-corrected chi connectivity index (χ1v) is 16.6. The van der Waals surface area contributed by atoms with Gasteiger partial charge in [0.05, 0.1) is 65.3 Å². The quantitative estimate of drug-likeness (QED) is 0.163. The first-order valence-electron chi connectivity index (χ1n) is 16.6. The number of ether oxygens (including phenoxy) is 6. The van der Waals surface area contributed by atoms with Gasteiger partial charge in [-0.2, -0.15) is 0 Å². The van der Waals surface area contributed by atoms with Gasteiger partial charge in [-0.15, -0.1) is 0 Å². The summed E-state index contributed by atoms with van der Waals surface area (Å²) < 4.78 is 31.2. The van der Waals surface area contributed by atoms with Crippen LogP contribution in [0.15, 0.2) is 24.3 Å². The second-order valence-corrected chi connectivity index (χ2v) is 12.3. The van der Waals surface area contributed by atoms with Crippen LogP contribution < -0.4 is 9.47 Å². The average Bonchev–Trinajstić information content (AvgIpc) is 3.07. The summed E-state index contributed by atoms with van der Waals surface area (Å²) in [4.78, 5) is 48.1. The molecule has 2 aromatic rings. The number of carbonyl (C=O) groups is 4. The van der Waals surface area contributed by atoms with E-state index in [0.29, 0.717) is 12.8 Å². The highest BCUT2D eigenvalue weighted by Crippen LogP contribution is 2.29. The van der Waals surface area contributed by atoms with Gasteiger partial charge in [-0.05, 0) is 89.5 Å². The van der Waals surface area contributed by atoms with Crippen LogP contribution in [0.2, 0.25) is 0 Å². The SMILES string of the molecule is COC(=O)[C@@H](CCO)[C@@H](CCO)C(=O)OC.COC(=O)[C@@H](CCOc1c(C)cc(C)cc1C)[C@@H](CCOc1c(C)cc(C)cc1C)C(=O)OC. The Balaban J connectivity index is 0.000000657. The first-order chi connectivity index (χ1) is 23.7. The Labute approximate surface area is 296 Å². The molecule has 0 fully saturated rings. The average molecular weight is 705 g/mol. The van der Waals surface area contributed by atoms with Gasteiger partial charge in [-0.1, -0.05) is 35.4 Å². The molecule has 4 atom stereocenters. The number of hydrogen-bond acceptors (Lipinski definition) is 12. The van der Waals surface area contributed by atoms with Gasteiger partial charge in [0.1, 0.15) is 11.5 Å². The van der Waals surface area contributed by atoms with Crippen LogP contribution in [0.5, 0.6) is 11.5 Å². The van der Waals surface area contributed by atoms with Gasteiger partial charge in [0.15, 0.2) is 0 Å². The Kier molecular flexibility index (Phi) is 19.8. The van der Waals surface area contributed by atoms with Crippen LogP contribution in [0.4, 0.5) is 0 Å². The number of benzene rings is 2. The van der Waals surface area contributed by atoms with E-state index in [9.17, 15) is 19.2 Å². The molecule has 0 aliphatic rings. The lowest BCUT2D eigenvalue weighted by molar-refractivity contribution is -0.158. The molecule has 0 aromatic heterocycles. The summed E-state index contributed by atoms with van der Waals surface area (Å²) in [6, 6.07) is 8.24. The Morgan fingerprint density at radius 3 is 0.940 bits per heavy atom. The first kappa shape index (κ1) is 43.9. The molecule has 0 unspecified atom stereocenters. The number of aryl methyl sites for hydroxylation is 6. The standard InChI is InChI=1S/C28H38O6.C10H18O6/c1-17-13-19(3)25(20(4)14-17)33-11-9-23(27(29)31-7)24(28(30)32-8)10-12-34-26-21(5)15-18(2)16-22(26)6;1-15-9(13)7(3-5-11)8(4-6-12)10(14)16-2/h13-16,23-24H,9-12H2,1-8H3;7-8,11-12H,3-6H2,1-2H3/t23-,24+;7-,8+. The van der Waals surface area contributed by atoms with Crippen molar-refractivity contribution in [1.29, 1.82) is 0 Å². The van der Waals surface area contributed by atoms with Crippen LogP contribution in [0.1, 0.15) is 59.1 Å². The molecule has 2 aromatic carbocycles. The van der Waals surface area contributed by atoms with E-state index in [1.807, 2.05) is 41.5 Å². The van der Waals surface area contributed by atoms with Gasteiger partial charge in [-0.25, -0.2) is 0 Å². The van der Waals surface area contributed by atoms with Crippen molar-refractivity contribution in [3.63, 3.8) is 0 Å². The zero-order valence-corrected chi connectivity index (χ0v) is 31.3. The second kappa shape index (κ2) is 22.5. The molecule has 280 valence electrons. The zero-order chi connectivity index (χ0) is 38.0. The van der Waals surface area contributed by atoms with Crippen LogP contribution in [0.25, 0.3) is 0 Å². The Bertz CT molecular complexity index is 1250. The normalized spacial score (nSPS) is 13.0. The number of hydrogen-bond donors (Lipinski definition) is 2. The van der Waals surface area contributed by atoms with Gasteiger partial charge >= 0.3 is 23.9 Å². The van der Waals surface area contributed by atoms with Crippen molar-refractivity contribution in [2.45, 2.75) is 67.2 Å². The number of esters is 4. The fourth-order valence-electron chi connectivity index (χ4n) is 6.18. The Morgan fingerprint density at radius 2 is 0.720 bits per heavy atom. The molecule has 0 spiro atoms. The summed E-state index contributed by atoms with van der Waals surface area (Å²) in [5.74, 6) is -3.45. The largest absolute Gasteiger partial charge is 0.493 e. The minimum Gasteiger partial charge on any atom is -0.493 e. The number of aliphatic hydroxyl groups excluding tert-OH is 2. The zero-order valence-electron chi connectivity index (χ0n) is 31.3. The number of methoxy groups -OCH3 is 4. The third-order valence-electron chi connectivity index (χ3n) is 8.43. The molecule has 0 aliphatic heterocycles. The molecule has 2 rings (SSSR count). The summed E-state index contributed by atoms with van der Waals surface area (Å²) in [5.41, 5.74) is 6.48. The minimum atomic E-state index is -0.783. The molecule has 0 aliphatic carbocycles. The van der Waals surface area contributed by atoms with E-state index in [1.165, 1.54) is 39.6 Å². The maximum Gasteiger partial charge on any atom is 0.309 e. The van der Waals surface area contributed by atoms with Crippen LogP contribution in [-0.2, 0) is 38.1 Å². The van der Waals surface area contributed by atoms with Crippen molar-refractivity contribution < 1.29 is 57.8 Å². The van der Waals surface area contributed by atoms with Gasteiger partial charge in [0, 0.05) is 13.2 Å². The van der Waals surface area contributed by atoms with Crippen LogP contribution in [0.3, 0.4) is 0 Å². The molecule has 12 nitrogen and oxygen atoms in total. The second-order valence-electron chi connectivity index (χ2n) is 12.3. The van der Waals surface area contributed by atoms with E-state index in [-0.39, 0.29) is 39.3 Å². The molecule has 0 radical (unpaired) electrons. The van der Waals surface area contributed by atoms with Crippen LogP contribution in [0, 0.1) is 65.2 Å². The van der Waals surface area contributed by atoms with Crippen molar-refractivity contribution in [2.24, 2.45) is 23.7 Å². The predicted molar refractivity (Wildman–Crippen MR) is 187 cm³/mol. The van der Waals surface area contributed by atoms with Crippen LogP contribution >= 0.6 is 0 Å². The third kappa shape index (κ3) is 13.3. The molecule has 0 saturated carbocycles. The topological polar surface area (TPSA) is 164 Å². The molecule has 0 saturated heterocycles. The lowest BCUT2D eigenvalue weighted by Gasteiger charge is -2.24. The number of carbonyl (C=O) groups excluding carboxylic acids is 4. The van der Waals surface area contributed by atoms with Crippen molar-refractivity contribution >= 4 is 23.9 Å². The molecule has 2 N–H and O–H groups in total. The fourth-order valence-corrected chi connectivity index (χ4v) is 6.18. The number of aliphatic hydroxyl groups is 2. The Morgan fingerprint density at radius 1 is 0.480 bits per heavy atom. The summed E-state index contributed by atoms with van der Waals surface area (Å²) >= 11 is 0. The molecule has 0 bridgehead atoms. The highest BCUT2D eigenvalue weighted by atomic mass is 16.5. The fraction of sp³-hybridized carbons (Fsp3) is 0.579. The molecular formula is C38H56O12. The van der Waals surface area contributed by atoms with Crippen LogP contribution in [-0.4, -0.2) is 89.0 Å². The maximum absolute atomic E-state index is 12.6. The molecular weight excluding hydrogens is 648 g/mol. The summed E-state index contributed by atoms with van der Waals surface area (Å²) in [6.07, 6.45) is 0.850. The Hall–Kier alpha value is -4.16. The minimum absolute atomic E-state index is 0.104. The van der Waals surface area contributed by atoms with E-state index in [4.69, 9.17) is 29.2 Å². The van der Waals surface area contributed by atoms with E-state index >= 15 is 0 Å². The summed E-state index contributed by atoms with van der Waals surface area (Å²) in [7, 11) is 5.07. The lowest BCUT2D eigenvalue weighted by atomic mass is 9.87. The highest BCUT2D eigenvalue weighted by Gasteiger charge is 2.36. The lowest BCUT2D eigenvalue weighted by Crippen LogP contribution is -2.34. The van der Waals surface area contributed by atoms with Crippen molar-refractivity contribution in [3.8, 4) is 11.5 Å². The highest BCUT2D eigenvalue weighted by molar-refractivity contribution is 5.82. The summed E-state index contributed by atoms with van der Waals surface area (Å²) in [5, 5.41) is 17.7. The van der Waals surface area contributed by atoms with E-state index in [1.54, 1.807) is 0 Å². The number of rotatable bonds is 18.